The van der Waals surface area contributed by atoms with Crippen LogP contribution in [-0.2, 0) is 27.3 Å². The maximum atomic E-state index is 13.3. The summed E-state index contributed by atoms with van der Waals surface area (Å²) in [4.78, 5) is 52.0. The summed E-state index contributed by atoms with van der Waals surface area (Å²) in [6, 6.07) is 13.4. The van der Waals surface area contributed by atoms with Gasteiger partial charge in [-0.15, -0.1) is 0 Å². The van der Waals surface area contributed by atoms with Crippen LogP contribution in [0.1, 0.15) is 21.5 Å². The summed E-state index contributed by atoms with van der Waals surface area (Å²) < 4.78 is 4.90. The summed E-state index contributed by atoms with van der Waals surface area (Å²) in [5.41, 5.74) is 2.62. The zero-order valence-electron chi connectivity index (χ0n) is 15.7. The van der Waals surface area contributed by atoms with Crippen LogP contribution < -0.4 is 4.90 Å². The van der Waals surface area contributed by atoms with Crippen LogP contribution in [0.4, 0.5) is 10.5 Å². The lowest BCUT2D eigenvalue weighted by Crippen LogP contribution is -2.43. The van der Waals surface area contributed by atoms with Gasteiger partial charge in [-0.2, -0.15) is 0 Å². The van der Waals surface area contributed by atoms with E-state index in [1.165, 1.54) is 16.9 Å². The lowest BCUT2D eigenvalue weighted by molar-refractivity contribution is -0.141. The summed E-state index contributed by atoms with van der Waals surface area (Å²) in [6.07, 6.45) is 0.391. The minimum atomic E-state index is -0.730. The smallest absolute Gasteiger partial charge is 0.329 e. The number of carbonyl (C=O) groups excluding carboxylic acids is 4. The zero-order chi connectivity index (χ0) is 20.5. The van der Waals surface area contributed by atoms with Gasteiger partial charge < -0.3 is 4.74 Å². The SMILES string of the molecule is COC(=O)C1Cc2ccccc2N1C(=O)c1cccc(CN2C(=O)CSC2=O)c1. The van der Waals surface area contributed by atoms with Gasteiger partial charge >= 0.3 is 5.97 Å². The van der Waals surface area contributed by atoms with E-state index >= 15 is 0 Å². The summed E-state index contributed by atoms with van der Waals surface area (Å²) in [6.45, 7) is 0.114. The number of anilines is 1. The molecule has 2 aliphatic rings. The number of ether oxygens (including phenoxy) is 1. The van der Waals surface area contributed by atoms with Gasteiger partial charge in [-0.05, 0) is 29.3 Å². The summed E-state index contributed by atoms with van der Waals surface area (Å²) >= 11 is 0.973. The minimum absolute atomic E-state index is 0.114. The Balaban J connectivity index is 1.64. The Morgan fingerprint density at radius 1 is 1.14 bits per heavy atom. The summed E-state index contributed by atoms with van der Waals surface area (Å²) in [5, 5.41) is -0.286. The molecule has 29 heavy (non-hydrogen) atoms. The van der Waals surface area contributed by atoms with Crippen LogP contribution in [0.15, 0.2) is 48.5 Å². The van der Waals surface area contributed by atoms with Gasteiger partial charge in [0.2, 0.25) is 5.91 Å². The van der Waals surface area contributed by atoms with Gasteiger partial charge in [0.1, 0.15) is 6.04 Å². The van der Waals surface area contributed by atoms with Crippen molar-refractivity contribution >= 4 is 40.5 Å². The first-order chi connectivity index (χ1) is 14.0. The molecule has 0 radical (unpaired) electrons. The highest BCUT2D eigenvalue weighted by Crippen LogP contribution is 2.34. The molecule has 0 N–H and O–H groups in total. The third-order valence-electron chi connectivity index (χ3n) is 5.02. The number of rotatable bonds is 4. The molecule has 0 aromatic heterocycles. The minimum Gasteiger partial charge on any atom is -0.467 e. The van der Waals surface area contributed by atoms with Crippen molar-refractivity contribution < 1.29 is 23.9 Å². The molecule has 8 heteroatoms. The van der Waals surface area contributed by atoms with E-state index in [-0.39, 0.29) is 29.4 Å². The molecule has 1 saturated heterocycles. The number of imide groups is 1. The molecule has 2 aromatic rings. The van der Waals surface area contributed by atoms with E-state index < -0.39 is 12.0 Å². The molecule has 2 aromatic carbocycles. The van der Waals surface area contributed by atoms with Crippen molar-refractivity contribution in [3.63, 3.8) is 0 Å². The number of benzene rings is 2. The van der Waals surface area contributed by atoms with Crippen LogP contribution in [0, 0.1) is 0 Å². The number of esters is 1. The molecule has 1 atom stereocenters. The van der Waals surface area contributed by atoms with E-state index in [0.717, 1.165) is 17.3 Å². The average Bonchev–Trinajstić information content (AvgIpc) is 3.28. The van der Waals surface area contributed by atoms with E-state index in [1.54, 1.807) is 30.3 Å². The Hall–Kier alpha value is -3.13. The van der Waals surface area contributed by atoms with Gasteiger partial charge in [0.05, 0.1) is 19.4 Å². The van der Waals surface area contributed by atoms with Crippen molar-refractivity contribution in [2.45, 2.75) is 19.0 Å². The van der Waals surface area contributed by atoms with E-state index in [4.69, 9.17) is 4.74 Å². The van der Waals surface area contributed by atoms with Gasteiger partial charge in [0.25, 0.3) is 11.1 Å². The van der Waals surface area contributed by atoms with E-state index in [1.807, 2.05) is 18.2 Å². The predicted molar refractivity (Wildman–Crippen MR) is 108 cm³/mol. The Morgan fingerprint density at radius 3 is 2.66 bits per heavy atom. The van der Waals surface area contributed by atoms with Gasteiger partial charge in [-0.25, -0.2) is 4.79 Å². The molecule has 7 nitrogen and oxygen atoms in total. The summed E-state index contributed by atoms with van der Waals surface area (Å²) in [5.74, 6) is -0.907. The van der Waals surface area contributed by atoms with Gasteiger partial charge in [0, 0.05) is 17.7 Å². The second-order valence-corrected chi connectivity index (χ2v) is 7.71. The Kier molecular flexibility index (Phi) is 5.10. The van der Waals surface area contributed by atoms with E-state index in [9.17, 15) is 19.2 Å². The van der Waals surface area contributed by atoms with Crippen molar-refractivity contribution in [1.29, 1.82) is 0 Å². The van der Waals surface area contributed by atoms with Crippen molar-refractivity contribution in [3.8, 4) is 0 Å². The number of para-hydroxylation sites is 1. The number of nitrogens with zero attached hydrogens (tertiary/aromatic N) is 2. The largest absolute Gasteiger partial charge is 0.467 e. The van der Waals surface area contributed by atoms with E-state index in [0.29, 0.717) is 23.2 Å². The lowest BCUT2D eigenvalue weighted by atomic mass is 10.1. The predicted octanol–water partition coefficient (Wildman–Crippen LogP) is 2.63. The molecule has 0 saturated carbocycles. The highest BCUT2D eigenvalue weighted by molar-refractivity contribution is 8.14. The van der Waals surface area contributed by atoms with Crippen LogP contribution >= 0.6 is 11.8 Å². The molecule has 1 unspecified atom stereocenters. The number of amides is 3. The number of fused-ring (bicyclic) bond motifs is 1. The normalized spacial score (nSPS) is 18.2. The van der Waals surface area contributed by atoms with Crippen LogP contribution in [0.2, 0.25) is 0 Å². The molecule has 0 aliphatic carbocycles. The Morgan fingerprint density at radius 2 is 1.93 bits per heavy atom. The van der Waals surface area contributed by atoms with Gasteiger partial charge in [0.15, 0.2) is 0 Å². The molecular weight excluding hydrogens is 392 g/mol. The molecule has 3 amide bonds. The zero-order valence-corrected chi connectivity index (χ0v) is 16.5. The molecule has 1 fully saturated rings. The topological polar surface area (TPSA) is 84.0 Å². The van der Waals surface area contributed by atoms with Crippen molar-refractivity contribution in [1.82, 2.24) is 4.90 Å². The third-order valence-corrected chi connectivity index (χ3v) is 5.88. The van der Waals surface area contributed by atoms with Crippen LogP contribution in [-0.4, -0.2) is 46.8 Å². The fourth-order valence-electron chi connectivity index (χ4n) is 3.62. The first kappa shape index (κ1) is 19.2. The Labute approximate surface area is 171 Å². The Bertz CT molecular complexity index is 1010. The average molecular weight is 410 g/mol. The molecule has 4 rings (SSSR count). The van der Waals surface area contributed by atoms with Crippen LogP contribution in [0.5, 0.6) is 0 Å². The monoisotopic (exact) mass is 410 g/mol. The molecule has 148 valence electrons. The number of thioether (sulfide) groups is 1. The van der Waals surface area contributed by atoms with Crippen molar-refractivity contribution in [2.75, 3.05) is 17.8 Å². The van der Waals surface area contributed by atoms with Gasteiger partial charge in [-0.3, -0.25) is 24.2 Å². The maximum absolute atomic E-state index is 13.3. The number of carbonyl (C=O) groups is 4. The maximum Gasteiger partial charge on any atom is 0.329 e. The molecule has 0 bridgehead atoms. The van der Waals surface area contributed by atoms with Gasteiger partial charge in [-0.1, -0.05) is 42.1 Å². The number of hydrogen-bond acceptors (Lipinski definition) is 6. The molecule has 2 heterocycles. The quantitative estimate of drug-likeness (QED) is 0.721. The van der Waals surface area contributed by atoms with Crippen LogP contribution in [0.25, 0.3) is 0 Å². The summed E-state index contributed by atoms with van der Waals surface area (Å²) in [7, 11) is 1.30. The highest BCUT2D eigenvalue weighted by Gasteiger charge is 2.39. The fraction of sp³-hybridized carbons (Fsp3) is 0.238. The van der Waals surface area contributed by atoms with Crippen molar-refractivity contribution in [2.24, 2.45) is 0 Å². The third kappa shape index (κ3) is 3.51. The number of methoxy groups -OCH3 is 1. The molecule has 2 aliphatic heterocycles. The first-order valence-electron chi connectivity index (χ1n) is 9.05. The molecular formula is C21H18N2O5S. The second-order valence-electron chi connectivity index (χ2n) is 6.78. The fourth-order valence-corrected chi connectivity index (χ4v) is 4.34. The number of hydrogen-bond donors (Lipinski definition) is 0. The molecule has 0 spiro atoms. The van der Waals surface area contributed by atoms with Crippen molar-refractivity contribution in [3.05, 3.63) is 65.2 Å². The first-order valence-corrected chi connectivity index (χ1v) is 10.0. The highest BCUT2D eigenvalue weighted by atomic mass is 32.2. The van der Waals surface area contributed by atoms with Crippen LogP contribution in [0.3, 0.4) is 0 Å². The standard InChI is InChI=1S/C21H18N2O5S/c1-28-20(26)17-10-14-6-2-3-8-16(14)23(17)19(25)15-7-4-5-13(9-15)11-22-18(24)12-29-21(22)27/h2-9,17H,10-12H2,1H3. The van der Waals surface area contributed by atoms with E-state index in [2.05, 4.69) is 0 Å². The lowest BCUT2D eigenvalue weighted by Gasteiger charge is -2.24. The second kappa shape index (κ2) is 7.71.